The van der Waals surface area contributed by atoms with Gasteiger partial charge in [-0.2, -0.15) is 0 Å². The number of hydrogen-bond donors (Lipinski definition) is 0. The van der Waals surface area contributed by atoms with E-state index >= 15 is 0 Å². The van der Waals surface area contributed by atoms with Crippen LogP contribution in [0.2, 0.25) is 0 Å². The molecule has 0 bridgehead atoms. The summed E-state index contributed by atoms with van der Waals surface area (Å²) < 4.78 is 13.0. The van der Waals surface area contributed by atoms with Gasteiger partial charge < -0.3 is 9.47 Å². The third kappa shape index (κ3) is 4.03. The monoisotopic (exact) mass is 295 g/mol. The van der Waals surface area contributed by atoms with Crippen LogP contribution in [-0.2, 0) is 16.0 Å². The van der Waals surface area contributed by atoms with E-state index < -0.39 is 11.6 Å². The summed E-state index contributed by atoms with van der Waals surface area (Å²) in [6.45, 7) is 12.1. The highest BCUT2D eigenvalue weighted by Crippen LogP contribution is 2.30. The van der Waals surface area contributed by atoms with E-state index in [-0.39, 0.29) is 17.4 Å². The van der Waals surface area contributed by atoms with Gasteiger partial charge in [0.25, 0.3) is 0 Å². The minimum absolute atomic E-state index is 0.0762. The Morgan fingerprint density at radius 2 is 2.14 bits per heavy atom. The molecule has 6 nitrogen and oxygen atoms in total. The third-order valence-electron chi connectivity index (χ3n) is 3.51. The highest BCUT2D eigenvalue weighted by Gasteiger charge is 2.32. The Bertz CT molecular complexity index is 529. The lowest BCUT2D eigenvalue weighted by molar-refractivity contribution is -0.0234. The van der Waals surface area contributed by atoms with Crippen LogP contribution < -0.4 is 0 Å². The number of esters is 1. The Kier molecular flexibility index (Phi) is 4.10. The molecule has 21 heavy (non-hydrogen) atoms. The average Bonchev–Trinajstić information content (AvgIpc) is 2.81. The van der Waals surface area contributed by atoms with Crippen LogP contribution in [0.3, 0.4) is 0 Å². The molecule has 2 rings (SSSR count). The van der Waals surface area contributed by atoms with Gasteiger partial charge in [-0.15, -0.1) is 5.10 Å². The minimum atomic E-state index is -0.536. The Balaban J connectivity index is 2.05. The second kappa shape index (κ2) is 5.40. The van der Waals surface area contributed by atoms with E-state index in [1.54, 1.807) is 4.68 Å². The van der Waals surface area contributed by atoms with Crippen molar-refractivity contribution in [3.05, 3.63) is 11.4 Å². The summed E-state index contributed by atoms with van der Waals surface area (Å²) in [6.07, 6.45) is 2.14. The lowest BCUT2D eigenvalue weighted by Gasteiger charge is -2.19. The molecule has 1 fully saturated rings. The fourth-order valence-electron chi connectivity index (χ4n) is 2.45. The van der Waals surface area contributed by atoms with Crippen LogP contribution in [-0.4, -0.2) is 38.3 Å². The fraction of sp³-hybridized carbons (Fsp3) is 0.800. The maximum Gasteiger partial charge on any atom is 0.361 e. The van der Waals surface area contributed by atoms with Crippen molar-refractivity contribution < 1.29 is 14.3 Å². The molecule has 2 heterocycles. The number of hydrogen-bond acceptors (Lipinski definition) is 5. The Hall–Kier alpha value is -1.43. The molecule has 0 spiro atoms. The van der Waals surface area contributed by atoms with Gasteiger partial charge in [-0.05, 0) is 54.4 Å². The maximum atomic E-state index is 12.1. The van der Waals surface area contributed by atoms with Gasteiger partial charge in [-0.25, -0.2) is 9.48 Å². The zero-order valence-corrected chi connectivity index (χ0v) is 13.8. The van der Waals surface area contributed by atoms with Crippen molar-refractivity contribution in [1.82, 2.24) is 15.0 Å². The van der Waals surface area contributed by atoms with Crippen molar-refractivity contribution in [2.24, 2.45) is 0 Å². The molecule has 1 aromatic rings. The van der Waals surface area contributed by atoms with Crippen molar-refractivity contribution >= 4 is 5.97 Å². The molecule has 1 aliphatic heterocycles. The Labute approximate surface area is 125 Å². The molecule has 1 unspecified atom stereocenters. The lowest BCUT2D eigenvalue weighted by Crippen LogP contribution is -2.25. The van der Waals surface area contributed by atoms with Crippen LogP contribution >= 0.6 is 0 Å². The van der Waals surface area contributed by atoms with E-state index in [9.17, 15) is 4.79 Å². The molecule has 1 saturated heterocycles. The van der Waals surface area contributed by atoms with Crippen LogP contribution in [0.25, 0.3) is 0 Å². The van der Waals surface area contributed by atoms with E-state index in [2.05, 4.69) is 24.2 Å². The van der Waals surface area contributed by atoms with Gasteiger partial charge in [0.1, 0.15) is 5.60 Å². The van der Waals surface area contributed by atoms with Crippen molar-refractivity contribution in [1.29, 1.82) is 0 Å². The quantitative estimate of drug-likeness (QED) is 0.802. The van der Waals surface area contributed by atoms with Gasteiger partial charge in [0.15, 0.2) is 5.69 Å². The van der Waals surface area contributed by atoms with Crippen LogP contribution in [0.4, 0.5) is 0 Å². The van der Waals surface area contributed by atoms with Crippen LogP contribution in [0.5, 0.6) is 0 Å². The van der Waals surface area contributed by atoms with E-state index in [1.807, 2.05) is 27.7 Å². The first-order chi connectivity index (χ1) is 9.57. The van der Waals surface area contributed by atoms with Gasteiger partial charge in [0.2, 0.25) is 0 Å². The van der Waals surface area contributed by atoms with E-state index in [1.165, 1.54) is 0 Å². The van der Waals surface area contributed by atoms with E-state index in [4.69, 9.17) is 9.47 Å². The highest BCUT2D eigenvalue weighted by molar-refractivity contribution is 5.88. The van der Waals surface area contributed by atoms with Gasteiger partial charge in [0, 0.05) is 0 Å². The highest BCUT2D eigenvalue weighted by atomic mass is 16.6. The molecule has 0 aliphatic carbocycles. The first-order valence-electron chi connectivity index (χ1n) is 7.39. The fourth-order valence-corrected chi connectivity index (χ4v) is 2.45. The molecule has 0 saturated carbocycles. The normalized spacial score (nSPS) is 21.5. The summed E-state index contributed by atoms with van der Waals surface area (Å²) in [5.41, 5.74) is 0.388. The summed E-state index contributed by atoms with van der Waals surface area (Å²) in [4.78, 5) is 12.1. The number of nitrogens with zero attached hydrogens (tertiary/aromatic N) is 3. The molecule has 1 aliphatic rings. The predicted molar refractivity (Wildman–Crippen MR) is 78.1 cm³/mol. The van der Waals surface area contributed by atoms with Gasteiger partial charge in [-0.3, -0.25) is 0 Å². The molecule has 1 atom stereocenters. The predicted octanol–water partition coefficient (Wildman–Crippen LogP) is 2.50. The molecule has 0 N–H and O–H groups in total. The number of carbonyl (C=O) groups is 1. The van der Waals surface area contributed by atoms with Gasteiger partial charge >= 0.3 is 5.97 Å². The molecule has 0 aromatic carbocycles. The van der Waals surface area contributed by atoms with Crippen LogP contribution in [0.15, 0.2) is 0 Å². The zero-order valence-electron chi connectivity index (χ0n) is 13.8. The molecule has 0 amide bonds. The Morgan fingerprint density at radius 3 is 2.67 bits per heavy atom. The summed E-state index contributed by atoms with van der Waals surface area (Å²) in [5.74, 6) is -0.432. The van der Waals surface area contributed by atoms with Crippen LogP contribution in [0.1, 0.15) is 63.6 Å². The smallest absolute Gasteiger partial charge is 0.361 e. The minimum Gasteiger partial charge on any atom is -0.455 e. The van der Waals surface area contributed by atoms with Crippen LogP contribution in [0, 0.1) is 6.92 Å². The maximum absolute atomic E-state index is 12.1. The van der Waals surface area contributed by atoms with E-state index in [0.717, 1.165) is 18.5 Å². The number of aromatic nitrogens is 3. The second-order valence-electron chi connectivity index (χ2n) is 7.25. The van der Waals surface area contributed by atoms with Crippen molar-refractivity contribution in [2.45, 2.75) is 78.2 Å². The number of carbonyl (C=O) groups excluding carboxylic acids is 1. The first-order valence-corrected chi connectivity index (χ1v) is 7.39. The lowest BCUT2D eigenvalue weighted by atomic mass is 10.1. The largest absolute Gasteiger partial charge is 0.455 e. The summed E-state index contributed by atoms with van der Waals surface area (Å²) in [5, 5.41) is 8.02. The summed E-state index contributed by atoms with van der Waals surface area (Å²) in [6, 6.07) is 0. The SMILES string of the molecule is Cc1c(C(=O)OC(C)(C)C)nnn1CC1CCC(C)(C)O1. The molecular formula is C15H25N3O3. The summed E-state index contributed by atoms with van der Waals surface area (Å²) in [7, 11) is 0. The van der Waals surface area contributed by atoms with Crippen molar-refractivity contribution in [3.63, 3.8) is 0 Å². The first kappa shape index (κ1) is 15.9. The average molecular weight is 295 g/mol. The molecule has 118 valence electrons. The Morgan fingerprint density at radius 1 is 1.48 bits per heavy atom. The number of rotatable bonds is 3. The van der Waals surface area contributed by atoms with Crippen molar-refractivity contribution in [2.75, 3.05) is 0 Å². The standard InChI is InChI=1S/C15H25N3O3/c1-10-12(13(19)21-14(2,3)4)16-17-18(10)9-11-7-8-15(5,6)20-11/h11H,7-9H2,1-6H3. The molecule has 0 radical (unpaired) electrons. The van der Waals surface area contributed by atoms with E-state index in [0.29, 0.717) is 6.54 Å². The molecule has 1 aromatic heterocycles. The van der Waals surface area contributed by atoms with Gasteiger partial charge in [0.05, 0.1) is 23.9 Å². The van der Waals surface area contributed by atoms with Gasteiger partial charge in [-0.1, -0.05) is 5.21 Å². The number of ether oxygens (including phenoxy) is 2. The summed E-state index contributed by atoms with van der Waals surface area (Å²) >= 11 is 0. The van der Waals surface area contributed by atoms with Crippen molar-refractivity contribution in [3.8, 4) is 0 Å². The molecular weight excluding hydrogens is 270 g/mol. The third-order valence-corrected chi connectivity index (χ3v) is 3.51. The topological polar surface area (TPSA) is 66.2 Å². The second-order valence-corrected chi connectivity index (χ2v) is 7.25. The molecule has 6 heteroatoms. The zero-order chi connectivity index (χ0) is 15.8.